The summed E-state index contributed by atoms with van der Waals surface area (Å²) in [5.41, 5.74) is 9.54. The second-order valence-electron chi connectivity index (χ2n) is 11.8. The first-order chi connectivity index (χ1) is 23.1. The van der Waals surface area contributed by atoms with Gasteiger partial charge in [-0.15, -0.1) is 0 Å². The summed E-state index contributed by atoms with van der Waals surface area (Å²) in [5, 5.41) is 17.1. The summed E-state index contributed by atoms with van der Waals surface area (Å²) in [4.78, 5) is 50.5. The van der Waals surface area contributed by atoms with E-state index in [2.05, 4.69) is 55.3 Å². The Morgan fingerprint density at radius 3 is 1.92 bits per heavy atom. The van der Waals surface area contributed by atoms with Crippen LogP contribution in [0.3, 0.4) is 0 Å². The van der Waals surface area contributed by atoms with Gasteiger partial charge in [-0.25, -0.2) is 4.79 Å². The third-order valence-electron chi connectivity index (χ3n) is 8.29. The van der Waals surface area contributed by atoms with Crippen molar-refractivity contribution in [2.24, 2.45) is 12.8 Å². The Morgan fingerprint density at radius 2 is 1.31 bits per heavy atom. The fourth-order valence-electron chi connectivity index (χ4n) is 5.55. The molecule has 3 heterocycles. The van der Waals surface area contributed by atoms with Crippen molar-refractivity contribution in [1.82, 2.24) is 29.5 Å². The van der Waals surface area contributed by atoms with E-state index in [-0.39, 0.29) is 5.91 Å². The number of anilines is 6. The lowest BCUT2D eigenvalue weighted by atomic mass is 10.0. The number of fused-ring (bicyclic) bond motifs is 1. The van der Waals surface area contributed by atoms with Crippen LogP contribution in [0.5, 0.6) is 0 Å². The second kappa shape index (κ2) is 13.8. The van der Waals surface area contributed by atoms with Gasteiger partial charge in [0, 0.05) is 60.1 Å². The number of nitrogens with one attached hydrogen (secondary N) is 4. The summed E-state index contributed by atoms with van der Waals surface area (Å²) >= 11 is 0. The molecule has 4 amide bonds. The number of likely N-dealkylation sites (tertiary alicyclic amines) is 1. The molecule has 5 aromatic rings. The Labute approximate surface area is 277 Å². The van der Waals surface area contributed by atoms with Gasteiger partial charge in [0.05, 0.1) is 11.6 Å². The Bertz CT molecular complexity index is 1930. The molecular weight excluding hydrogens is 610 g/mol. The van der Waals surface area contributed by atoms with Crippen LogP contribution in [0.4, 0.5) is 39.3 Å². The molecule has 6 N–H and O–H groups in total. The van der Waals surface area contributed by atoms with Crippen LogP contribution in [0.1, 0.15) is 33.6 Å². The standard InChI is InChI=1S/C34H37N11O3/c1-43(2)27-16-18-45(19-17-27)32(47)22-6-10-25(11-7-22)39-34(48)40-26-14-12-24(13-15-26)38-33-41-30(28-20-36-44(3)31(28)42-33)37-23-8-4-21(5-9-23)29(35)46/h4-15,20,27H,16-19H2,1-3H3,(H2,35,46)(H2,39,40,48)(H2,37,38,41,42). The number of carbonyl (C=O) groups excluding carboxylic acids is 3. The number of piperidine rings is 1. The molecule has 0 bridgehead atoms. The molecule has 0 radical (unpaired) electrons. The number of carbonyl (C=O) groups is 3. The van der Waals surface area contributed by atoms with E-state index in [1.165, 1.54) is 0 Å². The molecule has 3 aromatic carbocycles. The minimum Gasteiger partial charge on any atom is -0.366 e. The van der Waals surface area contributed by atoms with Gasteiger partial charge in [-0.3, -0.25) is 14.3 Å². The maximum atomic E-state index is 13.0. The fraction of sp³-hybridized carbons (Fsp3) is 0.235. The van der Waals surface area contributed by atoms with Crippen LogP contribution in [-0.2, 0) is 7.05 Å². The Morgan fingerprint density at radius 1 is 0.771 bits per heavy atom. The zero-order valence-electron chi connectivity index (χ0n) is 26.9. The van der Waals surface area contributed by atoms with Crippen molar-refractivity contribution in [1.29, 1.82) is 0 Å². The van der Waals surface area contributed by atoms with E-state index >= 15 is 0 Å². The zero-order chi connectivity index (χ0) is 33.8. The maximum absolute atomic E-state index is 13.0. The number of aromatic nitrogens is 4. The molecule has 0 unspecified atom stereocenters. The molecule has 0 atom stereocenters. The third-order valence-corrected chi connectivity index (χ3v) is 8.29. The van der Waals surface area contributed by atoms with E-state index in [0.29, 0.717) is 62.7 Å². The van der Waals surface area contributed by atoms with Crippen LogP contribution in [-0.4, -0.2) is 80.6 Å². The molecule has 1 aliphatic heterocycles. The van der Waals surface area contributed by atoms with Crippen LogP contribution in [0.25, 0.3) is 11.0 Å². The van der Waals surface area contributed by atoms with Gasteiger partial charge in [0.25, 0.3) is 5.91 Å². The Hall–Kier alpha value is -6.02. The quantitative estimate of drug-likeness (QED) is 0.151. The van der Waals surface area contributed by atoms with Crippen molar-refractivity contribution in [3.63, 3.8) is 0 Å². The number of primary amides is 1. The molecule has 1 aliphatic rings. The van der Waals surface area contributed by atoms with E-state index in [1.54, 1.807) is 90.7 Å². The molecule has 246 valence electrons. The molecule has 0 aliphatic carbocycles. The lowest BCUT2D eigenvalue weighted by Gasteiger charge is -2.35. The fourth-order valence-corrected chi connectivity index (χ4v) is 5.55. The molecule has 14 heteroatoms. The number of amides is 4. The monoisotopic (exact) mass is 647 g/mol. The van der Waals surface area contributed by atoms with Crippen molar-refractivity contribution in [2.75, 3.05) is 48.5 Å². The van der Waals surface area contributed by atoms with E-state index in [0.717, 1.165) is 25.9 Å². The molecule has 48 heavy (non-hydrogen) atoms. The summed E-state index contributed by atoms with van der Waals surface area (Å²) in [6.07, 6.45) is 3.59. The van der Waals surface area contributed by atoms with Gasteiger partial charge in [-0.1, -0.05) is 0 Å². The minimum absolute atomic E-state index is 0.00592. The number of nitrogens with zero attached hydrogens (tertiary/aromatic N) is 6. The third kappa shape index (κ3) is 7.34. The number of hydrogen-bond donors (Lipinski definition) is 5. The van der Waals surface area contributed by atoms with Crippen LogP contribution in [0.15, 0.2) is 79.0 Å². The van der Waals surface area contributed by atoms with Crippen LogP contribution >= 0.6 is 0 Å². The van der Waals surface area contributed by atoms with Gasteiger partial charge in [-0.05, 0) is 99.7 Å². The predicted octanol–water partition coefficient (Wildman–Crippen LogP) is 4.76. The lowest BCUT2D eigenvalue weighted by molar-refractivity contribution is 0.0663. The van der Waals surface area contributed by atoms with Crippen molar-refractivity contribution >= 4 is 63.4 Å². The summed E-state index contributed by atoms with van der Waals surface area (Å²) in [6.45, 7) is 1.47. The molecular formula is C34H37N11O3. The topological polar surface area (TPSA) is 175 Å². The van der Waals surface area contributed by atoms with Gasteiger partial charge in [0.1, 0.15) is 5.82 Å². The van der Waals surface area contributed by atoms with Gasteiger partial charge < -0.3 is 36.8 Å². The minimum atomic E-state index is -0.502. The van der Waals surface area contributed by atoms with E-state index in [4.69, 9.17) is 5.73 Å². The van der Waals surface area contributed by atoms with Crippen molar-refractivity contribution < 1.29 is 14.4 Å². The highest BCUT2D eigenvalue weighted by Gasteiger charge is 2.24. The highest BCUT2D eigenvalue weighted by atomic mass is 16.2. The van der Waals surface area contributed by atoms with Gasteiger partial charge in [0.15, 0.2) is 5.65 Å². The van der Waals surface area contributed by atoms with E-state index < -0.39 is 11.9 Å². The van der Waals surface area contributed by atoms with E-state index in [9.17, 15) is 14.4 Å². The van der Waals surface area contributed by atoms with Gasteiger partial charge >= 0.3 is 6.03 Å². The second-order valence-corrected chi connectivity index (χ2v) is 11.8. The smallest absolute Gasteiger partial charge is 0.323 e. The van der Waals surface area contributed by atoms with Gasteiger partial charge in [0.2, 0.25) is 11.9 Å². The number of rotatable bonds is 9. The summed E-state index contributed by atoms with van der Waals surface area (Å²) in [5.74, 6) is 0.365. The number of urea groups is 1. The Kier molecular flexibility index (Phi) is 9.16. The Balaban J connectivity index is 1.05. The number of aryl methyl sites for hydroxylation is 1. The average Bonchev–Trinajstić information content (AvgIpc) is 3.46. The lowest BCUT2D eigenvalue weighted by Crippen LogP contribution is -2.44. The normalized spacial score (nSPS) is 13.4. The number of benzene rings is 3. The van der Waals surface area contributed by atoms with Crippen LogP contribution in [0.2, 0.25) is 0 Å². The number of nitrogens with two attached hydrogens (primary N) is 1. The predicted molar refractivity (Wildman–Crippen MR) is 186 cm³/mol. The number of hydrogen-bond acceptors (Lipinski definition) is 9. The molecule has 0 saturated carbocycles. The molecule has 14 nitrogen and oxygen atoms in total. The molecule has 6 rings (SSSR count). The van der Waals surface area contributed by atoms with Crippen LogP contribution < -0.4 is 27.0 Å². The van der Waals surface area contributed by atoms with Crippen molar-refractivity contribution in [2.45, 2.75) is 18.9 Å². The maximum Gasteiger partial charge on any atom is 0.323 e. The average molecular weight is 648 g/mol. The van der Waals surface area contributed by atoms with Crippen molar-refractivity contribution in [3.05, 3.63) is 90.1 Å². The summed E-state index contributed by atoms with van der Waals surface area (Å²) in [7, 11) is 5.94. The van der Waals surface area contributed by atoms with E-state index in [1.807, 2.05) is 4.90 Å². The summed E-state index contributed by atoms with van der Waals surface area (Å²) < 4.78 is 1.65. The highest BCUT2D eigenvalue weighted by molar-refractivity contribution is 6.00. The zero-order valence-corrected chi connectivity index (χ0v) is 26.9. The van der Waals surface area contributed by atoms with Gasteiger partial charge in [-0.2, -0.15) is 15.1 Å². The first-order valence-electron chi connectivity index (χ1n) is 15.5. The SMILES string of the molecule is CN(C)C1CCN(C(=O)c2ccc(NC(=O)Nc3ccc(Nc4nc(Nc5ccc(C(N)=O)cc5)c5cnn(C)c5n4)cc3)cc2)CC1. The largest absolute Gasteiger partial charge is 0.366 e. The summed E-state index contributed by atoms with van der Waals surface area (Å²) in [6, 6.07) is 20.9. The molecule has 0 spiro atoms. The molecule has 1 fully saturated rings. The molecule has 2 aromatic heterocycles. The first kappa shape index (κ1) is 31.9. The first-order valence-corrected chi connectivity index (χ1v) is 15.5. The highest BCUT2D eigenvalue weighted by Crippen LogP contribution is 2.27. The van der Waals surface area contributed by atoms with Crippen LogP contribution in [0, 0.1) is 0 Å². The van der Waals surface area contributed by atoms with Crippen molar-refractivity contribution in [3.8, 4) is 0 Å². The molecule has 1 saturated heterocycles.